The standard InChI is InChI=1S/C17H27N3S/c1-2-16-11-6-7-13-20(16)14-8-12-18-17(21)19-15-9-4-3-5-10-15/h3-5,9-10,16H,2,6-8,11-14H2,1H3,(H2,18,19,21)/t16-/m0/s1. The quantitative estimate of drug-likeness (QED) is 0.620. The minimum atomic E-state index is 0.715. The lowest BCUT2D eigenvalue weighted by Crippen LogP contribution is -2.40. The van der Waals surface area contributed by atoms with Crippen LogP contribution < -0.4 is 10.6 Å². The molecule has 1 aromatic carbocycles. The molecule has 0 amide bonds. The minimum absolute atomic E-state index is 0.715. The number of para-hydroxylation sites is 1. The van der Waals surface area contributed by atoms with Gasteiger partial charge in [0.1, 0.15) is 0 Å². The predicted molar refractivity (Wildman–Crippen MR) is 94.8 cm³/mol. The summed E-state index contributed by atoms with van der Waals surface area (Å²) in [5.41, 5.74) is 1.04. The molecule has 1 atom stereocenters. The van der Waals surface area contributed by atoms with E-state index in [1.54, 1.807) is 0 Å². The van der Waals surface area contributed by atoms with Crippen LogP contribution in [0, 0.1) is 0 Å². The van der Waals surface area contributed by atoms with E-state index in [4.69, 9.17) is 12.2 Å². The summed E-state index contributed by atoms with van der Waals surface area (Å²) in [6.07, 6.45) is 6.56. The van der Waals surface area contributed by atoms with E-state index in [1.165, 1.54) is 38.8 Å². The van der Waals surface area contributed by atoms with E-state index in [2.05, 4.69) is 22.5 Å². The zero-order valence-electron chi connectivity index (χ0n) is 13.0. The highest BCUT2D eigenvalue weighted by atomic mass is 32.1. The maximum atomic E-state index is 5.32. The van der Waals surface area contributed by atoms with Gasteiger partial charge in [0.05, 0.1) is 0 Å². The van der Waals surface area contributed by atoms with Crippen molar-refractivity contribution in [2.45, 2.75) is 45.1 Å². The molecule has 0 saturated carbocycles. The number of nitrogens with one attached hydrogen (secondary N) is 2. The van der Waals surface area contributed by atoms with E-state index in [-0.39, 0.29) is 0 Å². The Hall–Kier alpha value is -1.13. The molecule has 4 heteroatoms. The first kappa shape index (κ1) is 16.2. The number of nitrogens with zero attached hydrogens (tertiary/aromatic N) is 1. The van der Waals surface area contributed by atoms with Gasteiger partial charge in [-0.2, -0.15) is 0 Å². The van der Waals surface area contributed by atoms with Gasteiger partial charge in [-0.15, -0.1) is 0 Å². The number of anilines is 1. The van der Waals surface area contributed by atoms with Gasteiger partial charge in [0.15, 0.2) is 5.11 Å². The Labute approximate surface area is 134 Å². The van der Waals surface area contributed by atoms with Crippen molar-refractivity contribution in [2.75, 3.05) is 25.0 Å². The lowest BCUT2D eigenvalue weighted by Gasteiger charge is -2.35. The van der Waals surface area contributed by atoms with E-state index in [0.29, 0.717) is 5.11 Å². The third-order valence-corrected chi connectivity index (χ3v) is 4.41. The molecule has 1 aliphatic rings. The van der Waals surface area contributed by atoms with Crippen molar-refractivity contribution >= 4 is 23.0 Å². The Balaban J connectivity index is 1.61. The fourth-order valence-corrected chi connectivity index (χ4v) is 3.22. The minimum Gasteiger partial charge on any atom is -0.362 e. The summed E-state index contributed by atoms with van der Waals surface area (Å²) in [6, 6.07) is 10.9. The lowest BCUT2D eigenvalue weighted by molar-refractivity contribution is 0.143. The van der Waals surface area contributed by atoms with Crippen LogP contribution in [0.15, 0.2) is 30.3 Å². The van der Waals surface area contributed by atoms with Crippen LogP contribution in [0.25, 0.3) is 0 Å². The molecule has 1 fully saturated rings. The SMILES string of the molecule is CC[C@H]1CCCCN1CCCNC(=S)Nc1ccccc1. The van der Waals surface area contributed by atoms with E-state index in [1.807, 2.05) is 30.3 Å². The van der Waals surface area contributed by atoms with Crippen molar-refractivity contribution < 1.29 is 0 Å². The zero-order chi connectivity index (χ0) is 14.9. The molecule has 1 saturated heterocycles. The molecule has 2 rings (SSSR count). The van der Waals surface area contributed by atoms with Crippen molar-refractivity contribution in [3.05, 3.63) is 30.3 Å². The van der Waals surface area contributed by atoms with Crippen LogP contribution in [-0.2, 0) is 0 Å². The summed E-state index contributed by atoms with van der Waals surface area (Å²) in [4.78, 5) is 2.65. The van der Waals surface area contributed by atoms with Crippen LogP contribution in [-0.4, -0.2) is 35.7 Å². The lowest BCUT2D eigenvalue weighted by atomic mass is 10.00. The number of thiocarbonyl (C=S) groups is 1. The molecule has 0 aliphatic carbocycles. The summed E-state index contributed by atoms with van der Waals surface area (Å²) < 4.78 is 0. The van der Waals surface area contributed by atoms with E-state index < -0.39 is 0 Å². The fourth-order valence-electron chi connectivity index (χ4n) is 3.00. The second-order valence-corrected chi connectivity index (χ2v) is 6.10. The monoisotopic (exact) mass is 305 g/mol. The molecule has 0 unspecified atom stereocenters. The van der Waals surface area contributed by atoms with Crippen molar-refractivity contribution in [1.29, 1.82) is 0 Å². The number of rotatable bonds is 6. The zero-order valence-corrected chi connectivity index (χ0v) is 13.8. The first-order chi connectivity index (χ1) is 10.3. The molecular weight excluding hydrogens is 278 g/mol. The normalized spacial score (nSPS) is 19.2. The largest absolute Gasteiger partial charge is 0.362 e. The van der Waals surface area contributed by atoms with Crippen LogP contribution in [0.5, 0.6) is 0 Å². The molecule has 21 heavy (non-hydrogen) atoms. The number of piperidine rings is 1. The van der Waals surface area contributed by atoms with Crippen LogP contribution >= 0.6 is 12.2 Å². The molecule has 1 aromatic rings. The fraction of sp³-hybridized carbons (Fsp3) is 0.588. The molecule has 1 heterocycles. The third-order valence-electron chi connectivity index (χ3n) is 4.16. The maximum Gasteiger partial charge on any atom is 0.170 e. The Kier molecular flexibility index (Phi) is 6.96. The number of benzene rings is 1. The molecule has 0 bridgehead atoms. The summed E-state index contributed by atoms with van der Waals surface area (Å²) in [5.74, 6) is 0. The molecule has 0 radical (unpaired) electrons. The van der Waals surface area contributed by atoms with Gasteiger partial charge < -0.3 is 15.5 Å². The average Bonchev–Trinajstić information content (AvgIpc) is 2.53. The van der Waals surface area contributed by atoms with Crippen molar-refractivity contribution in [3.8, 4) is 0 Å². The average molecular weight is 305 g/mol. The molecule has 2 N–H and O–H groups in total. The molecule has 116 valence electrons. The highest BCUT2D eigenvalue weighted by Gasteiger charge is 2.19. The van der Waals surface area contributed by atoms with Gasteiger partial charge in [-0.05, 0) is 56.6 Å². The smallest absolute Gasteiger partial charge is 0.170 e. The van der Waals surface area contributed by atoms with Gasteiger partial charge >= 0.3 is 0 Å². The molecule has 0 aromatic heterocycles. The molecule has 0 spiro atoms. The second kappa shape index (κ2) is 9.00. The van der Waals surface area contributed by atoms with E-state index in [9.17, 15) is 0 Å². The summed E-state index contributed by atoms with van der Waals surface area (Å²) in [7, 11) is 0. The Bertz CT molecular complexity index is 421. The molecular formula is C17H27N3S. The van der Waals surface area contributed by atoms with Gasteiger partial charge in [0, 0.05) is 24.8 Å². The third kappa shape index (κ3) is 5.64. The van der Waals surface area contributed by atoms with E-state index in [0.717, 1.165) is 24.7 Å². The maximum absolute atomic E-state index is 5.32. The summed E-state index contributed by atoms with van der Waals surface area (Å²) >= 11 is 5.32. The van der Waals surface area contributed by atoms with Crippen molar-refractivity contribution in [2.24, 2.45) is 0 Å². The van der Waals surface area contributed by atoms with Gasteiger partial charge in [-0.3, -0.25) is 0 Å². The van der Waals surface area contributed by atoms with Crippen LogP contribution in [0.3, 0.4) is 0 Å². The van der Waals surface area contributed by atoms with Gasteiger partial charge in [-0.25, -0.2) is 0 Å². The number of hydrogen-bond donors (Lipinski definition) is 2. The first-order valence-electron chi connectivity index (χ1n) is 8.13. The van der Waals surface area contributed by atoms with Gasteiger partial charge in [0.25, 0.3) is 0 Å². The summed E-state index contributed by atoms with van der Waals surface area (Å²) in [5, 5.41) is 7.22. The van der Waals surface area contributed by atoms with Crippen LogP contribution in [0.4, 0.5) is 5.69 Å². The van der Waals surface area contributed by atoms with Crippen molar-refractivity contribution in [3.63, 3.8) is 0 Å². The topological polar surface area (TPSA) is 27.3 Å². The Morgan fingerprint density at radius 1 is 1.29 bits per heavy atom. The Morgan fingerprint density at radius 2 is 2.10 bits per heavy atom. The van der Waals surface area contributed by atoms with E-state index >= 15 is 0 Å². The van der Waals surface area contributed by atoms with Gasteiger partial charge in [-0.1, -0.05) is 31.5 Å². The first-order valence-corrected chi connectivity index (χ1v) is 8.54. The molecule has 3 nitrogen and oxygen atoms in total. The van der Waals surface area contributed by atoms with Gasteiger partial charge in [0.2, 0.25) is 0 Å². The number of likely N-dealkylation sites (tertiary alicyclic amines) is 1. The summed E-state index contributed by atoms with van der Waals surface area (Å²) in [6.45, 7) is 5.69. The predicted octanol–water partition coefficient (Wildman–Crippen LogP) is 3.63. The second-order valence-electron chi connectivity index (χ2n) is 5.69. The number of hydrogen-bond acceptors (Lipinski definition) is 2. The Morgan fingerprint density at radius 3 is 2.86 bits per heavy atom. The highest BCUT2D eigenvalue weighted by Crippen LogP contribution is 2.19. The highest BCUT2D eigenvalue weighted by molar-refractivity contribution is 7.80. The molecule has 1 aliphatic heterocycles. The van der Waals surface area contributed by atoms with Crippen LogP contribution in [0.2, 0.25) is 0 Å². The van der Waals surface area contributed by atoms with Crippen molar-refractivity contribution in [1.82, 2.24) is 10.2 Å². The van der Waals surface area contributed by atoms with Crippen LogP contribution in [0.1, 0.15) is 39.0 Å².